The van der Waals surface area contributed by atoms with Crippen molar-refractivity contribution in [3.05, 3.63) is 30.1 Å². The number of amides is 1. The van der Waals surface area contributed by atoms with E-state index < -0.39 is 17.9 Å². The van der Waals surface area contributed by atoms with Crippen molar-refractivity contribution in [1.82, 2.24) is 5.32 Å². The second-order valence-corrected chi connectivity index (χ2v) is 5.82. The minimum atomic E-state index is -0.974. The molecule has 1 amide bonds. The number of nitrogens with one attached hydrogen (secondary N) is 1. The smallest absolute Gasteiger partial charge is 0.311 e. The predicted octanol–water partition coefficient (Wildman–Crippen LogP) is 1.52. The summed E-state index contributed by atoms with van der Waals surface area (Å²) >= 11 is 1.26. The third-order valence-corrected chi connectivity index (χ3v) is 4.22. The van der Waals surface area contributed by atoms with Crippen LogP contribution in [0.4, 0.5) is 4.39 Å². The van der Waals surface area contributed by atoms with Crippen LogP contribution in [0, 0.1) is 11.7 Å². The number of halogens is 1. The van der Waals surface area contributed by atoms with Gasteiger partial charge in [-0.15, -0.1) is 11.8 Å². The first-order valence-electron chi connectivity index (χ1n) is 6.55. The third kappa shape index (κ3) is 4.44. The number of carboxylic acid groups (broad SMARTS) is 1. The van der Waals surface area contributed by atoms with Crippen molar-refractivity contribution in [1.29, 1.82) is 0 Å². The Hall–Kier alpha value is -1.60. The lowest BCUT2D eigenvalue weighted by Crippen LogP contribution is -2.42. The van der Waals surface area contributed by atoms with Gasteiger partial charge < -0.3 is 15.2 Å². The molecule has 1 aromatic rings. The largest absolute Gasteiger partial charge is 0.481 e. The summed E-state index contributed by atoms with van der Waals surface area (Å²) in [6.45, 7) is 0.327. The van der Waals surface area contributed by atoms with Gasteiger partial charge in [0.25, 0.3) is 0 Å². The number of ether oxygens (including phenoxy) is 1. The van der Waals surface area contributed by atoms with Crippen molar-refractivity contribution >= 4 is 23.6 Å². The number of hydrogen-bond donors (Lipinski definition) is 2. The molecule has 1 heterocycles. The number of rotatable bonds is 6. The normalized spacial score (nSPS) is 21.2. The summed E-state index contributed by atoms with van der Waals surface area (Å²) < 4.78 is 18.4. The molecule has 114 valence electrons. The summed E-state index contributed by atoms with van der Waals surface area (Å²) in [4.78, 5) is 23.2. The molecule has 1 fully saturated rings. The van der Waals surface area contributed by atoms with E-state index in [1.807, 2.05) is 0 Å². The summed E-state index contributed by atoms with van der Waals surface area (Å²) in [5.41, 5.74) is 0. The summed E-state index contributed by atoms with van der Waals surface area (Å²) in [5, 5.41) is 11.6. The summed E-state index contributed by atoms with van der Waals surface area (Å²) in [7, 11) is 0. The highest BCUT2D eigenvalue weighted by Gasteiger charge is 2.34. The first kappa shape index (κ1) is 15.8. The minimum Gasteiger partial charge on any atom is -0.481 e. The van der Waals surface area contributed by atoms with Gasteiger partial charge in [-0.05, 0) is 12.1 Å². The van der Waals surface area contributed by atoms with Crippen molar-refractivity contribution in [2.45, 2.75) is 17.4 Å². The highest BCUT2D eigenvalue weighted by molar-refractivity contribution is 7.99. The molecule has 5 nitrogen and oxygen atoms in total. The summed E-state index contributed by atoms with van der Waals surface area (Å²) in [5.74, 6) is -1.80. The Kier molecular flexibility index (Phi) is 5.58. The highest BCUT2D eigenvalue weighted by atomic mass is 32.2. The molecule has 0 radical (unpaired) electrons. The van der Waals surface area contributed by atoms with Gasteiger partial charge in [0.15, 0.2) is 0 Å². The van der Waals surface area contributed by atoms with Gasteiger partial charge in [0.1, 0.15) is 11.7 Å². The van der Waals surface area contributed by atoms with Gasteiger partial charge in [-0.3, -0.25) is 9.59 Å². The molecule has 1 aliphatic rings. The molecule has 1 aliphatic heterocycles. The zero-order chi connectivity index (χ0) is 15.2. The molecular formula is C14H16FNO4S. The molecule has 1 aromatic carbocycles. The molecule has 21 heavy (non-hydrogen) atoms. The van der Waals surface area contributed by atoms with Gasteiger partial charge in [0.2, 0.25) is 5.91 Å². The summed E-state index contributed by atoms with van der Waals surface area (Å²) in [6, 6.07) is 5.88. The maximum absolute atomic E-state index is 13.4. The predicted molar refractivity (Wildman–Crippen MR) is 75.6 cm³/mol. The molecule has 0 bridgehead atoms. The number of benzene rings is 1. The summed E-state index contributed by atoms with van der Waals surface area (Å²) in [6.07, 6.45) is 0.196. The Morgan fingerprint density at radius 1 is 1.38 bits per heavy atom. The second-order valence-electron chi connectivity index (χ2n) is 4.69. The van der Waals surface area contributed by atoms with Crippen LogP contribution in [0.2, 0.25) is 0 Å². The fraction of sp³-hybridized carbons (Fsp3) is 0.429. The molecule has 1 saturated heterocycles. The first-order chi connectivity index (χ1) is 10.1. The van der Waals surface area contributed by atoms with Crippen LogP contribution in [-0.4, -0.2) is 42.0 Å². The van der Waals surface area contributed by atoms with E-state index in [-0.39, 0.29) is 31.4 Å². The Morgan fingerprint density at radius 2 is 2.14 bits per heavy atom. The van der Waals surface area contributed by atoms with Crippen molar-refractivity contribution in [3.8, 4) is 0 Å². The van der Waals surface area contributed by atoms with Crippen LogP contribution >= 0.6 is 11.8 Å². The number of carboxylic acids is 1. The zero-order valence-electron chi connectivity index (χ0n) is 11.3. The molecule has 2 N–H and O–H groups in total. The van der Waals surface area contributed by atoms with Crippen LogP contribution in [0.1, 0.15) is 6.42 Å². The van der Waals surface area contributed by atoms with Crippen LogP contribution in [0.25, 0.3) is 0 Å². The number of carbonyl (C=O) groups excluding carboxylic acids is 1. The molecule has 0 aromatic heterocycles. The van der Waals surface area contributed by atoms with E-state index >= 15 is 0 Å². The van der Waals surface area contributed by atoms with Crippen molar-refractivity contribution < 1.29 is 23.8 Å². The topological polar surface area (TPSA) is 75.6 Å². The van der Waals surface area contributed by atoms with Gasteiger partial charge in [-0.25, -0.2) is 4.39 Å². The molecule has 2 atom stereocenters. The van der Waals surface area contributed by atoms with E-state index in [4.69, 9.17) is 9.84 Å². The van der Waals surface area contributed by atoms with Crippen LogP contribution in [0.15, 0.2) is 29.2 Å². The third-order valence-electron chi connectivity index (χ3n) is 3.17. The standard InChI is InChI=1S/C14H16FNO4S/c15-10-3-1-2-4-12(10)21-6-5-13(17)16-11-8-20-7-9(11)14(18)19/h1-4,9,11H,5-8H2,(H,16,17)(H,18,19). The lowest BCUT2D eigenvalue weighted by atomic mass is 10.0. The molecule has 0 aliphatic carbocycles. The van der Waals surface area contributed by atoms with E-state index in [9.17, 15) is 14.0 Å². The van der Waals surface area contributed by atoms with Crippen LogP contribution in [-0.2, 0) is 14.3 Å². The molecule has 2 rings (SSSR count). The Labute approximate surface area is 125 Å². The lowest BCUT2D eigenvalue weighted by molar-refractivity contribution is -0.142. The molecular weight excluding hydrogens is 297 g/mol. The highest BCUT2D eigenvalue weighted by Crippen LogP contribution is 2.22. The fourth-order valence-electron chi connectivity index (χ4n) is 2.03. The quantitative estimate of drug-likeness (QED) is 0.779. The van der Waals surface area contributed by atoms with Crippen molar-refractivity contribution in [3.63, 3.8) is 0 Å². The van der Waals surface area contributed by atoms with Crippen LogP contribution in [0.3, 0.4) is 0 Å². The minimum absolute atomic E-state index is 0.115. The number of hydrogen-bond acceptors (Lipinski definition) is 4. The van der Waals surface area contributed by atoms with Gasteiger partial charge >= 0.3 is 5.97 Å². The molecule has 2 unspecified atom stereocenters. The van der Waals surface area contributed by atoms with Gasteiger partial charge in [-0.2, -0.15) is 0 Å². The van der Waals surface area contributed by atoms with Crippen molar-refractivity contribution in [2.75, 3.05) is 19.0 Å². The SMILES string of the molecule is O=C(CCSc1ccccc1F)NC1COCC1C(=O)O. The average molecular weight is 313 g/mol. The van der Waals surface area contributed by atoms with E-state index in [2.05, 4.69) is 5.32 Å². The van der Waals surface area contributed by atoms with E-state index in [1.165, 1.54) is 17.8 Å². The molecule has 0 saturated carbocycles. The Morgan fingerprint density at radius 3 is 2.86 bits per heavy atom. The molecule has 7 heteroatoms. The molecule has 0 spiro atoms. The van der Waals surface area contributed by atoms with Crippen molar-refractivity contribution in [2.24, 2.45) is 5.92 Å². The lowest BCUT2D eigenvalue weighted by Gasteiger charge is -2.15. The van der Waals surface area contributed by atoms with E-state index in [1.54, 1.807) is 18.2 Å². The fourth-order valence-corrected chi connectivity index (χ4v) is 2.92. The zero-order valence-corrected chi connectivity index (χ0v) is 12.1. The maximum atomic E-state index is 13.4. The monoisotopic (exact) mass is 313 g/mol. The van der Waals surface area contributed by atoms with E-state index in [0.717, 1.165) is 0 Å². The van der Waals surface area contributed by atoms with Gasteiger partial charge in [0, 0.05) is 17.1 Å². The van der Waals surface area contributed by atoms with Crippen LogP contribution < -0.4 is 5.32 Å². The van der Waals surface area contributed by atoms with Gasteiger partial charge in [0.05, 0.1) is 19.3 Å². The Bertz CT molecular complexity index is 525. The number of thioether (sulfide) groups is 1. The second kappa shape index (κ2) is 7.42. The van der Waals surface area contributed by atoms with E-state index in [0.29, 0.717) is 10.6 Å². The number of carbonyl (C=O) groups is 2. The maximum Gasteiger partial charge on any atom is 0.311 e. The van der Waals surface area contributed by atoms with Crippen LogP contribution in [0.5, 0.6) is 0 Å². The average Bonchev–Trinajstić information content (AvgIpc) is 2.89. The first-order valence-corrected chi connectivity index (χ1v) is 7.53. The Balaban J connectivity index is 1.75. The van der Waals surface area contributed by atoms with Gasteiger partial charge in [-0.1, -0.05) is 12.1 Å². The number of aliphatic carboxylic acids is 1.